The highest BCUT2D eigenvalue weighted by atomic mass is 19.3. The van der Waals surface area contributed by atoms with Crippen LogP contribution in [0.4, 0.5) is 14.5 Å². The van der Waals surface area contributed by atoms with Crippen molar-refractivity contribution in [1.82, 2.24) is 9.80 Å². The topological polar surface area (TPSA) is 61.9 Å². The molecule has 0 radical (unpaired) electrons. The maximum atomic E-state index is 12.9. The fourth-order valence-electron chi connectivity index (χ4n) is 3.84. The number of para-hydroxylation sites is 2. The lowest BCUT2D eigenvalue weighted by Crippen LogP contribution is -2.54. The molecule has 2 amide bonds. The fourth-order valence-corrected chi connectivity index (χ4v) is 3.84. The molecule has 1 unspecified atom stereocenters. The highest BCUT2D eigenvalue weighted by molar-refractivity contribution is 5.97. The largest absolute Gasteiger partial charge is 0.434 e. The molecule has 32 heavy (non-hydrogen) atoms. The Labute approximate surface area is 187 Å². The van der Waals surface area contributed by atoms with E-state index in [0.717, 1.165) is 11.3 Å². The van der Waals surface area contributed by atoms with E-state index >= 15 is 0 Å². The van der Waals surface area contributed by atoms with Crippen molar-refractivity contribution in [1.29, 1.82) is 0 Å². The Morgan fingerprint density at radius 1 is 0.938 bits per heavy atom. The van der Waals surface area contributed by atoms with Crippen LogP contribution in [0.15, 0.2) is 48.5 Å². The van der Waals surface area contributed by atoms with Gasteiger partial charge in [0.05, 0.1) is 11.6 Å². The van der Waals surface area contributed by atoms with E-state index in [1.54, 1.807) is 17.0 Å². The van der Waals surface area contributed by atoms with Crippen LogP contribution < -0.4 is 10.1 Å². The molecule has 8 heteroatoms. The number of ether oxygens (including phenoxy) is 1. The third-order valence-electron chi connectivity index (χ3n) is 5.70. The van der Waals surface area contributed by atoms with Crippen LogP contribution in [0, 0.1) is 0 Å². The lowest BCUT2D eigenvalue weighted by molar-refractivity contribution is -0.121. The summed E-state index contributed by atoms with van der Waals surface area (Å²) in [6, 6.07) is 13.4. The van der Waals surface area contributed by atoms with Crippen molar-refractivity contribution in [2.24, 2.45) is 0 Å². The van der Waals surface area contributed by atoms with Crippen molar-refractivity contribution < 1.29 is 23.1 Å². The van der Waals surface area contributed by atoms with Gasteiger partial charge in [0.2, 0.25) is 5.91 Å². The number of rotatable bonds is 7. The second-order valence-electron chi connectivity index (χ2n) is 8.11. The molecule has 1 aliphatic heterocycles. The quantitative estimate of drug-likeness (QED) is 0.694. The first kappa shape index (κ1) is 23.7. The van der Waals surface area contributed by atoms with E-state index in [4.69, 9.17) is 0 Å². The molecule has 1 aliphatic rings. The van der Waals surface area contributed by atoms with E-state index in [1.807, 2.05) is 36.1 Å². The Kier molecular flexibility index (Phi) is 7.80. The summed E-state index contributed by atoms with van der Waals surface area (Å²) in [6.07, 6.45) is 0. The van der Waals surface area contributed by atoms with Crippen LogP contribution in [-0.4, -0.2) is 60.4 Å². The monoisotopic (exact) mass is 445 g/mol. The third-order valence-corrected chi connectivity index (χ3v) is 5.70. The predicted molar refractivity (Wildman–Crippen MR) is 119 cm³/mol. The molecule has 1 saturated heterocycles. The van der Waals surface area contributed by atoms with Gasteiger partial charge >= 0.3 is 6.61 Å². The minimum absolute atomic E-state index is 0.103. The molecule has 2 aromatic rings. The Balaban J connectivity index is 1.60. The first-order valence-corrected chi connectivity index (χ1v) is 10.7. The average Bonchev–Trinajstić information content (AvgIpc) is 2.78. The summed E-state index contributed by atoms with van der Waals surface area (Å²) in [6.45, 7) is 4.79. The first-order chi connectivity index (χ1) is 15.3. The summed E-state index contributed by atoms with van der Waals surface area (Å²) in [4.78, 5) is 29.3. The lowest BCUT2D eigenvalue weighted by Gasteiger charge is -2.37. The fraction of sp³-hybridized carbons (Fsp3) is 0.417. The van der Waals surface area contributed by atoms with Gasteiger partial charge in [0.1, 0.15) is 5.75 Å². The number of nitrogens with one attached hydrogen (secondary N) is 1. The van der Waals surface area contributed by atoms with Crippen molar-refractivity contribution in [2.45, 2.75) is 39.3 Å². The van der Waals surface area contributed by atoms with Gasteiger partial charge in [0.15, 0.2) is 0 Å². The van der Waals surface area contributed by atoms with E-state index in [0.29, 0.717) is 26.2 Å². The number of hydrogen-bond acceptors (Lipinski definition) is 4. The number of alkyl halides is 2. The van der Waals surface area contributed by atoms with E-state index in [-0.39, 0.29) is 35.1 Å². The summed E-state index contributed by atoms with van der Waals surface area (Å²) in [5.41, 5.74) is 1.99. The lowest BCUT2D eigenvalue weighted by atomic mass is 10.0. The maximum absolute atomic E-state index is 12.9. The molecule has 1 N–H and O–H groups in total. The highest BCUT2D eigenvalue weighted by Crippen LogP contribution is 2.25. The van der Waals surface area contributed by atoms with Gasteiger partial charge in [-0.2, -0.15) is 8.78 Å². The van der Waals surface area contributed by atoms with Crippen LogP contribution in [0.25, 0.3) is 0 Å². The van der Waals surface area contributed by atoms with Crippen LogP contribution in [-0.2, 0) is 4.79 Å². The minimum atomic E-state index is -3.00. The van der Waals surface area contributed by atoms with E-state index in [2.05, 4.69) is 23.9 Å². The van der Waals surface area contributed by atoms with Crippen LogP contribution in [0.1, 0.15) is 42.6 Å². The standard InChI is InChI=1S/C24H29F2N3O3/c1-16(2)18-8-4-6-10-20(18)27-22(30)17(3)28-12-14-29(15-13-28)23(31)19-9-5-7-11-21(19)32-24(25)26/h4-11,16-17,24H,12-15H2,1-3H3,(H,27,30). The number of halogens is 2. The molecule has 0 aromatic heterocycles. The predicted octanol–water partition coefficient (Wildman–Crippen LogP) is 4.20. The summed E-state index contributed by atoms with van der Waals surface area (Å²) in [5.74, 6) is -0.308. The third kappa shape index (κ3) is 5.62. The highest BCUT2D eigenvalue weighted by Gasteiger charge is 2.29. The van der Waals surface area contributed by atoms with E-state index in [1.165, 1.54) is 12.1 Å². The number of carbonyl (C=O) groups excluding carboxylic acids is 2. The van der Waals surface area contributed by atoms with Crippen molar-refractivity contribution in [2.75, 3.05) is 31.5 Å². The smallest absolute Gasteiger partial charge is 0.387 e. The molecule has 0 aliphatic carbocycles. The van der Waals surface area contributed by atoms with Gasteiger partial charge in [0, 0.05) is 31.9 Å². The van der Waals surface area contributed by atoms with Crippen LogP contribution in [0.3, 0.4) is 0 Å². The number of amides is 2. The van der Waals surface area contributed by atoms with Gasteiger partial charge in [-0.25, -0.2) is 0 Å². The summed E-state index contributed by atoms with van der Waals surface area (Å²) in [7, 11) is 0. The molecule has 0 saturated carbocycles. The van der Waals surface area contributed by atoms with Crippen molar-refractivity contribution in [3.8, 4) is 5.75 Å². The number of nitrogens with zero attached hydrogens (tertiary/aromatic N) is 2. The first-order valence-electron chi connectivity index (χ1n) is 10.7. The molecule has 6 nitrogen and oxygen atoms in total. The zero-order valence-electron chi connectivity index (χ0n) is 18.6. The Hall–Kier alpha value is -3.00. The number of carbonyl (C=O) groups is 2. The second kappa shape index (κ2) is 10.5. The number of benzene rings is 2. The summed E-state index contributed by atoms with van der Waals surface area (Å²) >= 11 is 0. The average molecular weight is 446 g/mol. The van der Waals surface area contributed by atoms with Crippen molar-refractivity contribution in [3.63, 3.8) is 0 Å². The van der Waals surface area contributed by atoms with Crippen molar-refractivity contribution in [3.05, 3.63) is 59.7 Å². The molecule has 0 spiro atoms. The van der Waals surface area contributed by atoms with Crippen LogP contribution in [0.2, 0.25) is 0 Å². The van der Waals surface area contributed by atoms with E-state index in [9.17, 15) is 18.4 Å². The Bertz CT molecular complexity index is 944. The summed E-state index contributed by atoms with van der Waals surface area (Å²) < 4.78 is 29.8. The Morgan fingerprint density at radius 3 is 2.22 bits per heavy atom. The molecule has 1 heterocycles. The number of piperazine rings is 1. The van der Waals surface area contributed by atoms with Gasteiger partial charge in [0.25, 0.3) is 5.91 Å². The molecule has 2 aromatic carbocycles. The second-order valence-corrected chi connectivity index (χ2v) is 8.11. The molecular weight excluding hydrogens is 416 g/mol. The van der Waals surface area contributed by atoms with Crippen molar-refractivity contribution >= 4 is 17.5 Å². The summed E-state index contributed by atoms with van der Waals surface area (Å²) in [5, 5.41) is 3.03. The number of anilines is 1. The van der Waals surface area contributed by atoms with Crippen LogP contribution >= 0.6 is 0 Å². The van der Waals surface area contributed by atoms with Gasteiger partial charge in [-0.05, 0) is 36.6 Å². The number of hydrogen-bond donors (Lipinski definition) is 1. The molecule has 3 rings (SSSR count). The molecule has 172 valence electrons. The van der Waals surface area contributed by atoms with Gasteiger partial charge < -0.3 is 15.0 Å². The van der Waals surface area contributed by atoms with Gasteiger partial charge in [-0.1, -0.05) is 44.2 Å². The minimum Gasteiger partial charge on any atom is -0.434 e. The Morgan fingerprint density at radius 2 is 1.56 bits per heavy atom. The van der Waals surface area contributed by atoms with Gasteiger partial charge in [-0.15, -0.1) is 0 Å². The van der Waals surface area contributed by atoms with Crippen LogP contribution in [0.5, 0.6) is 5.75 Å². The van der Waals surface area contributed by atoms with Gasteiger partial charge in [-0.3, -0.25) is 14.5 Å². The molecular formula is C24H29F2N3O3. The van der Waals surface area contributed by atoms with E-state index < -0.39 is 6.61 Å². The molecule has 1 atom stereocenters. The maximum Gasteiger partial charge on any atom is 0.387 e. The normalized spacial score (nSPS) is 15.7. The SMILES string of the molecule is CC(C)c1ccccc1NC(=O)C(C)N1CCN(C(=O)c2ccccc2OC(F)F)CC1. The molecule has 1 fully saturated rings. The zero-order valence-corrected chi connectivity index (χ0v) is 18.6. The zero-order chi connectivity index (χ0) is 23.3. The molecule has 0 bridgehead atoms.